The van der Waals surface area contributed by atoms with Gasteiger partial charge in [0, 0.05) is 41.5 Å². The van der Waals surface area contributed by atoms with Crippen LogP contribution in [-0.2, 0) is 17.0 Å². The molecule has 4 nitrogen and oxygen atoms in total. The molecule has 0 saturated carbocycles. The van der Waals surface area contributed by atoms with Gasteiger partial charge in [-0.15, -0.1) is 11.8 Å². The zero-order valence-electron chi connectivity index (χ0n) is 16.9. The number of hydrogen-bond acceptors (Lipinski definition) is 4. The van der Waals surface area contributed by atoms with E-state index in [0.29, 0.717) is 5.56 Å². The topological polar surface area (TPSA) is 41.6 Å². The van der Waals surface area contributed by atoms with Gasteiger partial charge < -0.3 is 10.1 Å². The van der Waals surface area contributed by atoms with Crippen molar-refractivity contribution in [2.24, 2.45) is 0 Å². The van der Waals surface area contributed by atoms with Gasteiger partial charge in [0.05, 0.1) is 13.2 Å². The number of morpholine rings is 1. The molecule has 154 valence electrons. The lowest BCUT2D eigenvalue weighted by molar-refractivity contribution is 0.0342. The highest BCUT2D eigenvalue weighted by Gasteiger charge is 2.12. The first-order valence-corrected chi connectivity index (χ1v) is 11.2. The monoisotopic (exact) mass is 418 g/mol. The summed E-state index contributed by atoms with van der Waals surface area (Å²) in [6.07, 6.45) is 0. The highest BCUT2D eigenvalue weighted by atomic mass is 32.2. The molecule has 4 rings (SSSR count). The number of amides is 1. The van der Waals surface area contributed by atoms with Crippen LogP contribution >= 0.6 is 11.8 Å². The summed E-state index contributed by atoms with van der Waals surface area (Å²) < 4.78 is 5.40. The second-order valence-electron chi connectivity index (χ2n) is 7.34. The lowest BCUT2D eigenvalue weighted by atomic mass is 10.1. The van der Waals surface area contributed by atoms with Crippen molar-refractivity contribution < 1.29 is 9.53 Å². The molecule has 0 spiro atoms. The van der Waals surface area contributed by atoms with Gasteiger partial charge in [0.25, 0.3) is 5.91 Å². The fourth-order valence-corrected chi connectivity index (χ4v) is 4.27. The quantitative estimate of drug-likeness (QED) is 0.545. The largest absolute Gasteiger partial charge is 0.379 e. The summed E-state index contributed by atoms with van der Waals surface area (Å²) in [4.78, 5) is 16.3. The number of carbonyl (C=O) groups excluding carboxylic acids is 1. The van der Waals surface area contributed by atoms with Crippen LogP contribution in [0.25, 0.3) is 0 Å². The normalized spacial score (nSPS) is 14.4. The van der Waals surface area contributed by atoms with Crippen LogP contribution in [0.3, 0.4) is 0 Å². The van der Waals surface area contributed by atoms with Gasteiger partial charge >= 0.3 is 0 Å². The average Bonchev–Trinajstić information content (AvgIpc) is 2.80. The van der Waals surface area contributed by atoms with E-state index in [1.807, 2.05) is 36.4 Å². The maximum Gasteiger partial charge on any atom is 0.255 e. The first kappa shape index (κ1) is 20.7. The number of benzene rings is 3. The van der Waals surface area contributed by atoms with Gasteiger partial charge in [0.1, 0.15) is 0 Å². The fourth-order valence-electron chi connectivity index (χ4n) is 3.40. The van der Waals surface area contributed by atoms with Gasteiger partial charge in [0.2, 0.25) is 0 Å². The Balaban J connectivity index is 1.32. The summed E-state index contributed by atoms with van der Waals surface area (Å²) in [6.45, 7) is 4.27. The molecule has 3 aromatic carbocycles. The van der Waals surface area contributed by atoms with Gasteiger partial charge in [-0.2, -0.15) is 0 Å². The van der Waals surface area contributed by atoms with E-state index >= 15 is 0 Å². The Bertz CT molecular complexity index is 954. The first-order chi connectivity index (χ1) is 14.8. The molecule has 0 unspecified atom stereocenters. The summed E-state index contributed by atoms with van der Waals surface area (Å²) >= 11 is 1.81. The minimum Gasteiger partial charge on any atom is -0.379 e. The number of anilines is 1. The molecule has 1 heterocycles. The van der Waals surface area contributed by atoms with Crippen molar-refractivity contribution in [2.75, 3.05) is 31.6 Å². The second-order valence-corrected chi connectivity index (χ2v) is 8.39. The van der Waals surface area contributed by atoms with Crippen molar-refractivity contribution in [1.82, 2.24) is 4.90 Å². The van der Waals surface area contributed by atoms with E-state index in [0.717, 1.165) is 49.9 Å². The number of thioether (sulfide) groups is 1. The Hall–Kier alpha value is -2.60. The molecule has 0 bridgehead atoms. The van der Waals surface area contributed by atoms with Crippen molar-refractivity contribution >= 4 is 23.4 Å². The second kappa shape index (κ2) is 10.4. The van der Waals surface area contributed by atoms with Crippen LogP contribution in [0, 0.1) is 0 Å². The minimum atomic E-state index is -0.0785. The van der Waals surface area contributed by atoms with E-state index in [-0.39, 0.29) is 5.91 Å². The summed E-state index contributed by atoms with van der Waals surface area (Å²) in [6, 6.07) is 26.3. The Labute approximate surface area is 182 Å². The molecule has 0 radical (unpaired) electrons. The summed E-state index contributed by atoms with van der Waals surface area (Å²) in [7, 11) is 0. The summed E-state index contributed by atoms with van der Waals surface area (Å²) in [5.41, 5.74) is 3.88. The van der Waals surface area contributed by atoms with Crippen LogP contribution in [0.2, 0.25) is 0 Å². The lowest BCUT2D eigenvalue weighted by Gasteiger charge is -2.26. The molecule has 3 aromatic rings. The van der Waals surface area contributed by atoms with Crippen LogP contribution in [0.15, 0.2) is 83.8 Å². The number of ether oxygens (including phenoxy) is 1. The summed E-state index contributed by atoms with van der Waals surface area (Å²) in [5.74, 6) is 0.826. The van der Waals surface area contributed by atoms with Crippen molar-refractivity contribution in [2.45, 2.75) is 17.2 Å². The van der Waals surface area contributed by atoms with Gasteiger partial charge in [-0.3, -0.25) is 9.69 Å². The highest BCUT2D eigenvalue weighted by molar-refractivity contribution is 7.98. The predicted molar refractivity (Wildman–Crippen MR) is 123 cm³/mol. The molecule has 1 N–H and O–H groups in total. The van der Waals surface area contributed by atoms with E-state index in [1.54, 1.807) is 11.8 Å². The van der Waals surface area contributed by atoms with Crippen LogP contribution in [-0.4, -0.2) is 37.1 Å². The van der Waals surface area contributed by atoms with Gasteiger partial charge in [-0.05, 0) is 47.5 Å². The van der Waals surface area contributed by atoms with E-state index in [2.05, 4.69) is 52.7 Å². The lowest BCUT2D eigenvalue weighted by Crippen LogP contribution is -2.35. The van der Waals surface area contributed by atoms with Crippen LogP contribution in [0.1, 0.15) is 21.5 Å². The number of carbonyl (C=O) groups is 1. The average molecular weight is 419 g/mol. The van der Waals surface area contributed by atoms with Crippen LogP contribution < -0.4 is 5.32 Å². The molecule has 0 aliphatic carbocycles. The number of nitrogens with zero attached hydrogens (tertiary/aromatic N) is 1. The molecule has 1 aliphatic heterocycles. The van der Waals surface area contributed by atoms with Crippen molar-refractivity contribution in [3.8, 4) is 0 Å². The maximum absolute atomic E-state index is 12.7. The number of nitrogens with one attached hydrogen (secondary N) is 1. The van der Waals surface area contributed by atoms with E-state index in [1.165, 1.54) is 10.5 Å². The Morgan fingerprint density at radius 2 is 1.67 bits per heavy atom. The van der Waals surface area contributed by atoms with Crippen molar-refractivity contribution in [3.05, 3.63) is 95.6 Å². The Kier molecular flexibility index (Phi) is 7.19. The molecule has 30 heavy (non-hydrogen) atoms. The molecule has 1 fully saturated rings. The molecule has 1 saturated heterocycles. The van der Waals surface area contributed by atoms with Gasteiger partial charge in [0.15, 0.2) is 0 Å². The van der Waals surface area contributed by atoms with E-state index in [4.69, 9.17) is 4.74 Å². The standard InChI is InChI=1S/C25H26N2O2S/c28-25(22-6-4-5-21(17-22)18-27-13-15-29-16-14-27)26-23-11-9-20(10-12-23)19-30-24-7-2-1-3-8-24/h1-12,17H,13-16,18-19H2,(H,26,28). The molecule has 5 heteroatoms. The van der Waals surface area contributed by atoms with Crippen LogP contribution in [0.5, 0.6) is 0 Å². The first-order valence-electron chi connectivity index (χ1n) is 10.2. The van der Waals surface area contributed by atoms with Crippen LogP contribution in [0.4, 0.5) is 5.69 Å². The highest BCUT2D eigenvalue weighted by Crippen LogP contribution is 2.23. The third-order valence-electron chi connectivity index (χ3n) is 5.06. The summed E-state index contributed by atoms with van der Waals surface area (Å²) in [5, 5.41) is 3.01. The van der Waals surface area contributed by atoms with Gasteiger partial charge in [-0.25, -0.2) is 0 Å². The maximum atomic E-state index is 12.7. The molecule has 0 atom stereocenters. The molecular formula is C25H26N2O2S. The van der Waals surface area contributed by atoms with E-state index < -0.39 is 0 Å². The third kappa shape index (κ3) is 5.95. The number of rotatable bonds is 7. The number of hydrogen-bond donors (Lipinski definition) is 1. The van der Waals surface area contributed by atoms with Crippen molar-refractivity contribution in [1.29, 1.82) is 0 Å². The Morgan fingerprint density at radius 1 is 0.900 bits per heavy atom. The zero-order valence-corrected chi connectivity index (χ0v) is 17.7. The zero-order chi connectivity index (χ0) is 20.6. The molecule has 1 amide bonds. The van der Waals surface area contributed by atoms with Crippen molar-refractivity contribution in [3.63, 3.8) is 0 Å². The minimum absolute atomic E-state index is 0.0785. The molecular weight excluding hydrogens is 392 g/mol. The molecule has 0 aromatic heterocycles. The Morgan fingerprint density at radius 3 is 2.43 bits per heavy atom. The predicted octanol–water partition coefficient (Wildman–Crippen LogP) is 5.06. The third-order valence-corrected chi connectivity index (χ3v) is 6.14. The smallest absolute Gasteiger partial charge is 0.255 e. The fraction of sp³-hybridized carbons (Fsp3) is 0.240. The van der Waals surface area contributed by atoms with E-state index in [9.17, 15) is 4.79 Å². The SMILES string of the molecule is O=C(Nc1ccc(CSc2ccccc2)cc1)c1cccc(CN2CCOCC2)c1. The van der Waals surface area contributed by atoms with Gasteiger partial charge in [-0.1, -0.05) is 42.5 Å². The molecule has 1 aliphatic rings.